The molecule has 26 heavy (non-hydrogen) atoms. The molecular formula is C19H18N6S. The Labute approximate surface area is 155 Å². The van der Waals surface area contributed by atoms with Crippen molar-refractivity contribution in [2.45, 2.75) is 18.8 Å². The molecule has 2 aromatic carbocycles. The number of benzene rings is 2. The Morgan fingerprint density at radius 1 is 1.00 bits per heavy atom. The highest BCUT2D eigenvalue weighted by atomic mass is 32.1. The van der Waals surface area contributed by atoms with Gasteiger partial charge in [0.15, 0.2) is 0 Å². The first kappa shape index (κ1) is 15.5. The zero-order valence-electron chi connectivity index (χ0n) is 14.2. The summed E-state index contributed by atoms with van der Waals surface area (Å²) in [7, 11) is 0. The summed E-state index contributed by atoms with van der Waals surface area (Å²) in [6.07, 6.45) is 2.27. The summed E-state index contributed by atoms with van der Waals surface area (Å²) in [5.74, 6) is 1.23. The standard InChI is InChI=1S/C19H18N6S/c1-2-8-15(9-3-1)25-19(21-22-23-25)24-12-6-7-14(13-24)18-20-16-10-4-5-11-17(16)26-18/h1-5,8-11,14H,6-7,12-13H2/t14-/m1/s1. The lowest BCUT2D eigenvalue weighted by atomic mass is 9.99. The van der Waals surface area contributed by atoms with Gasteiger partial charge in [-0.15, -0.1) is 11.3 Å². The fraction of sp³-hybridized carbons (Fsp3) is 0.263. The molecule has 6 nitrogen and oxygen atoms in total. The van der Waals surface area contributed by atoms with E-state index in [1.54, 1.807) is 0 Å². The lowest BCUT2D eigenvalue weighted by molar-refractivity contribution is 0.499. The highest BCUT2D eigenvalue weighted by Crippen LogP contribution is 2.34. The number of aromatic nitrogens is 5. The van der Waals surface area contributed by atoms with E-state index >= 15 is 0 Å². The second kappa shape index (κ2) is 6.49. The summed E-state index contributed by atoms with van der Waals surface area (Å²) in [5.41, 5.74) is 2.08. The Morgan fingerprint density at radius 2 is 1.85 bits per heavy atom. The van der Waals surface area contributed by atoms with Crippen molar-refractivity contribution in [2.24, 2.45) is 0 Å². The quantitative estimate of drug-likeness (QED) is 0.557. The van der Waals surface area contributed by atoms with Gasteiger partial charge in [-0.1, -0.05) is 35.4 Å². The van der Waals surface area contributed by atoms with Crippen LogP contribution < -0.4 is 4.90 Å². The average Bonchev–Trinajstić information content (AvgIpc) is 3.36. The number of hydrogen-bond donors (Lipinski definition) is 0. The maximum atomic E-state index is 4.87. The van der Waals surface area contributed by atoms with Gasteiger partial charge < -0.3 is 4.90 Å². The van der Waals surface area contributed by atoms with E-state index in [2.05, 4.69) is 38.6 Å². The lowest BCUT2D eigenvalue weighted by Gasteiger charge is -2.31. The van der Waals surface area contributed by atoms with E-state index in [-0.39, 0.29) is 0 Å². The fourth-order valence-electron chi connectivity index (χ4n) is 3.54. The van der Waals surface area contributed by atoms with Crippen LogP contribution in [0.25, 0.3) is 15.9 Å². The van der Waals surface area contributed by atoms with Crippen LogP contribution in [0.1, 0.15) is 23.8 Å². The molecule has 1 aliphatic rings. The van der Waals surface area contributed by atoms with Crippen LogP contribution in [0, 0.1) is 0 Å². The highest BCUT2D eigenvalue weighted by molar-refractivity contribution is 7.18. The number of nitrogens with zero attached hydrogens (tertiary/aromatic N) is 6. The van der Waals surface area contributed by atoms with Gasteiger partial charge >= 0.3 is 0 Å². The van der Waals surface area contributed by atoms with Gasteiger partial charge in [-0.25, -0.2) is 4.98 Å². The van der Waals surface area contributed by atoms with Gasteiger partial charge in [-0.3, -0.25) is 0 Å². The highest BCUT2D eigenvalue weighted by Gasteiger charge is 2.27. The Bertz CT molecular complexity index is 992. The monoisotopic (exact) mass is 362 g/mol. The summed E-state index contributed by atoms with van der Waals surface area (Å²) < 4.78 is 3.08. The van der Waals surface area contributed by atoms with Crippen molar-refractivity contribution >= 4 is 27.5 Å². The molecule has 1 aliphatic heterocycles. The number of anilines is 1. The van der Waals surface area contributed by atoms with Crippen molar-refractivity contribution in [3.63, 3.8) is 0 Å². The van der Waals surface area contributed by atoms with Crippen LogP contribution in [0.4, 0.5) is 5.95 Å². The first-order valence-corrected chi connectivity index (χ1v) is 9.64. The predicted octanol–water partition coefficient (Wildman–Crippen LogP) is 3.66. The number of para-hydroxylation sites is 2. The second-order valence-electron chi connectivity index (χ2n) is 6.53. The zero-order valence-corrected chi connectivity index (χ0v) is 15.0. The van der Waals surface area contributed by atoms with Crippen LogP contribution in [0.2, 0.25) is 0 Å². The van der Waals surface area contributed by atoms with E-state index in [9.17, 15) is 0 Å². The minimum atomic E-state index is 0.419. The third kappa shape index (κ3) is 2.74. The van der Waals surface area contributed by atoms with Crippen LogP contribution in [0.5, 0.6) is 0 Å². The minimum Gasteiger partial charge on any atom is -0.339 e. The number of tetrazole rings is 1. The first-order valence-electron chi connectivity index (χ1n) is 8.83. The summed E-state index contributed by atoms with van der Waals surface area (Å²) in [6, 6.07) is 18.4. The van der Waals surface area contributed by atoms with Crippen molar-refractivity contribution in [3.8, 4) is 5.69 Å². The average molecular weight is 362 g/mol. The molecule has 0 N–H and O–H groups in total. The summed E-state index contributed by atoms with van der Waals surface area (Å²) >= 11 is 1.81. The van der Waals surface area contributed by atoms with E-state index in [1.165, 1.54) is 9.71 Å². The summed E-state index contributed by atoms with van der Waals surface area (Å²) in [6.45, 7) is 1.86. The largest absolute Gasteiger partial charge is 0.339 e. The van der Waals surface area contributed by atoms with E-state index < -0.39 is 0 Å². The molecule has 0 bridgehead atoms. The van der Waals surface area contributed by atoms with Gasteiger partial charge in [-0.2, -0.15) is 4.68 Å². The van der Waals surface area contributed by atoms with E-state index in [0.29, 0.717) is 5.92 Å². The number of hydrogen-bond acceptors (Lipinski definition) is 6. The van der Waals surface area contributed by atoms with Gasteiger partial charge in [0.1, 0.15) is 0 Å². The maximum absolute atomic E-state index is 4.87. The molecular weight excluding hydrogens is 344 g/mol. The zero-order chi connectivity index (χ0) is 17.3. The summed E-state index contributed by atoms with van der Waals surface area (Å²) in [5, 5.41) is 13.6. The van der Waals surface area contributed by atoms with Crippen molar-refractivity contribution in [1.29, 1.82) is 0 Å². The van der Waals surface area contributed by atoms with E-state index in [1.807, 2.05) is 52.4 Å². The third-order valence-corrected chi connectivity index (χ3v) is 6.02. The van der Waals surface area contributed by atoms with Crippen LogP contribution in [-0.2, 0) is 0 Å². The molecule has 1 saturated heterocycles. The number of fused-ring (bicyclic) bond motifs is 1. The van der Waals surface area contributed by atoms with Crippen LogP contribution >= 0.6 is 11.3 Å². The molecule has 0 radical (unpaired) electrons. The van der Waals surface area contributed by atoms with Crippen molar-refractivity contribution < 1.29 is 0 Å². The predicted molar refractivity (Wildman–Crippen MR) is 103 cm³/mol. The minimum absolute atomic E-state index is 0.419. The lowest BCUT2D eigenvalue weighted by Crippen LogP contribution is -2.36. The van der Waals surface area contributed by atoms with Crippen molar-refractivity contribution in [2.75, 3.05) is 18.0 Å². The third-order valence-electron chi connectivity index (χ3n) is 4.82. The molecule has 0 amide bonds. The van der Waals surface area contributed by atoms with Crippen molar-refractivity contribution in [3.05, 3.63) is 59.6 Å². The molecule has 7 heteroatoms. The molecule has 3 heterocycles. The second-order valence-corrected chi connectivity index (χ2v) is 7.59. The Hall–Kier alpha value is -2.80. The van der Waals surface area contributed by atoms with Gasteiger partial charge in [0.25, 0.3) is 0 Å². The van der Waals surface area contributed by atoms with E-state index in [4.69, 9.17) is 4.98 Å². The van der Waals surface area contributed by atoms with Crippen LogP contribution in [-0.4, -0.2) is 38.3 Å². The molecule has 0 saturated carbocycles. The smallest absolute Gasteiger partial charge is 0.250 e. The van der Waals surface area contributed by atoms with Crippen LogP contribution in [0.3, 0.4) is 0 Å². The SMILES string of the molecule is c1ccc(-n2nnnc2N2CCC[C@@H](c3nc4ccccc4s3)C2)cc1. The molecule has 2 aromatic heterocycles. The molecule has 0 unspecified atom stereocenters. The molecule has 5 rings (SSSR count). The summed E-state index contributed by atoms with van der Waals surface area (Å²) in [4.78, 5) is 7.15. The topological polar surface area (TPSA) is 59.7 Å². The normalized spacial score (nSPS) is 17.7. The van der Waals surface area contributed by atoms with Gasteiger partial charge in [0.2, 0.25) is 5.95 Å². The van der Waals surface area contributed by atoms with E-state index in [0.717, 1.165) is 43.1 Å². The van der Waals surface area contributed by atoms with Gasteiger partial charge in [-0.05, 0) is 47.5 Å². The number of rotatable bonds is 3. The molecule has 130 valence electrons. The van der Waals surface area contributed by atoms with Crippen LogP contribution in [0.15, 0.2) is 54.6 Å². The van der Waals surface area contributed by atoms with Crippen molar-refractivity contribution in [1.82, 2.24) is 25.2 Å². The Morgan fingerprint density at radius 3 is 2.73 bits per heavy atom. The molecule has 1 atom stereocenters. The molecule has 4 aromatic rings. The number of thiazole rings is 1. The van der Waals surface area contributed by atoms with Gasteiger partial charge in [0, 0.05) is 19.0 Å². The maximum Gasteiger partial charge on any atom is 0.250 e. The Balaban J connectivity index is 1.44. The Kier molecular flexibility index (Phi) is 3.86. The first-order chi connectivity index (χ1) is 12.9. The molecule has 1 fully saturated rings. The fourth-order valence-corrected chi connectivity index (χ4v) is 4.63. The number of piperidine rings is 1. The van der Waals surface area contributed by atoms with Gasteiger partial charge in [0.05, 0.1) is 20.9 Å². The molecule has 0 spiro atoms. The molecule has 0 aliphatic carbocycles.